The van der Waals surface area contributed by atoms with Crippen molar-refractivity contribution in [1.29, 1.82) is 0 Å². The first-order valence-corrected chi connectivity index (χ1v) is 8.37. The molecule has 0 saturated carbocycles. The largest absolute Gasteiger partial charge is 0.325 e. The highest BCUT2D eigenvalue weighted by Crippen LogP contribution is 2.26. The molecule has 1 amide bonds. The molecule has 0 atom stereocenters. The average molecular weight is 359 g/mol. The average Bonchev–Trinajstić information content (AvgIpc) is 2.40. The summed E-state index contributed by atoms with van der Waals surface area (Å²) in [5.74, 6) is -0.297. The number of rotatable bonds is 4. The number of carbonyl (C=O) groups excluding carboxylic acids is 1. The van der Waals surface area contributed by atoms with E-state index < -0.39 is 10.0 Å². The number of benzene rings is 2. The normalized spacial score (nSPS) is 11.0. The van der Waals surface area contributed by atoms with Crippen LogP contribution in [-0.2, 0) is 14.8 Å². The number of nitrogens with one attached hydrogen (secondary N) is 2. The van der Waals surface area contributed by atoms with Crippen LogP contribution in [0.15, 0.2) is 47.4 Å². The summed E-state index contributed by atoms with van der Waals surface area (Å²) >= 11 is 11.8. The molecule has 2 rings (SSSR count). The van der Waals surface area contributed by atoms with Gasteiger partial charge in [0.15, 0.2) is 0 Å². The van der Waals surface area contributed by atoms with Crippen LogP contribution in [0, 0.1) is 0 Å². The second-order valence-corrected chi connectivity index (χ2v) is 6.96. The highest BCUT2D eigenvalue weighted by atomic mass is 35.5. The number of halogens is 2. The zero-order valence-electron chi connectivity index (χ0n) is 11.4. The minimum absolute atomic E-state index is 0.0217. The zero-order chi connectivity index (χ0) is 16.3. The maximum absolute atomic E-state index is 12.3. The van der Waals surface area contributed by atoms with E-state index in [0.29, 0.717) is 16.4 Å². The molecule has 0 heterocycles. The lowest BCUT2D eigenvalue weighted by atomic mass is 10.3. The maximum Gasteiger partial charge on any atom is 0.261 e. The van der Waals surface area contributed by atoms with Gasteiger partial charge in [-0.05, 0) is 36.4 Å². The monoisotopic (exact) mass is 358 g/mol. The third-order valence-corrected chi connectivity index (χ3v) is 4.57. The number of carbonyl (C=O) groups is 1. The van der Waals surface area contributed by atoms with Crippen molar-refractivity contribution in [2.75, 3.05) is 10.0 Å². The molecule has 0 aromatic heterocycles. The van der Waals surface area contributed by atoms with Crippen molar-refractivity contribution in [3.05, 3.63) is 52.5 Å². The van der Waals surface area contributed by atoms with E-state index in [0.717, 1.165) is 0 Å². The van der Waals surface area contributed by atoms with Crippen LogP contribution < -0.4 is 10.0 Å². The smallest absolute Gasteiger partial charge is 0.261 e. The Labute approximate surface area is 138 Å². The molecule has 2 N–H and O–H groups in total. The fourth-order valence-electron chi connectivity index (χ4n) is 1.72. The van der Waals surface area contributed by atoms with Crippen LogP contribution >= 0.6 is 23.2 Å². The van der Waals surface area contributed by atoms with E-state index in [1.54, 1.807) is 18.2 Å². The van der Waals surface area contributed by atoms with Crippen LogP contribution in [0.5, 0.6) is 0 Å². The van der Waals surface area contributed by atoms with Crippen molar-refractivity contribution in [2.45, 2.75) is 11.8 Å². The molecule has 0 spiro atoms. The Bertz CT molecular complexity index is 823. The first kappa shape index (κ1) is 16.6. The Balaban J connectivity index is 2.30. The predicted octanol–water partition coefficient (Wildman–Crippen LogP) is 3.75. The molecule has 0 aliphatic heterocycles. The minimum Gasteiger partial charge on any atom is -0.325 e. The van der Waals surface area contributed by atoms with Gasteiger partial charge in [0, 0.05) is 11.9 Å². The number of amides is 1. The molecule has 22 heavy (non-hydrogen) atoms. The van der Waals surface area contributed by atoms with Gasteiger partial charge < -0.3 is 5.32 Å². The van der Waals surface area contributed by atoms with Crippen molar-refractivity contribution in [3.8, 4) is 0 Å². The lowest BCUT2D eigenvalue weighted by Gasteiger charge is -2.10. The number of hydrogen-bond donors (Lipinski definition) is 2. The molecule has 0 saturated heterocycles. The van der Waals surface area contributed by atoms with Crippen LogP contribution in [0.2, 0.25) is 10.0 Å². The molecule has 2 aromatic rings. The minimum atomic E-state index is -3.80. The Hall–Kier alpha value is -1.76. The summed E-state index contributed by atoms with van der Waals surface area (Å²) in [4.78, 5) is 11.0. The van der Waals surface area contributed by atoms with Gasteiger partial charge in [-0.2, -0.15) is 0 Å². The quantitative estimate of drug-likeness (QED) is 0.873. The molecular formula is C14H12Cl2N2O3S. The Morgan fingerprint density at radius 2 is 1.82 bits per heavy atom. The van der Waals surface area contributed by atoms with E-state index in [1.807, 2.05) is 0 Å². The van der Waals surface area contributed by atoms with Gasteiger partial charge >= 0.3 is 0 Å². The van der Waals surface area contributed by atoms with Crippen molar-refractivity contribution in [2.24, 2.45) is 0 Å². The van der Waals surface area contributed by atoms with Crippen LogP contribution in [-0.4, -0.2) is 14.3 Å². The summed E-state index contributed by atoms with van der Waals surface area (Å²) in [5, 5.41) is 3.05. The molecular weight excluding hydrogens is 347 g/mol. The number of hydrogen-bond acceptors (Lipinski definition) is 3. The number of sulfonamides is 1. The summed E-state index contributed by atoms with van der Waals surface area (Å²) in [6.07, 6.45) is 0. The molecule has 0 unspecified atom stereocenters. The molecule has 0 aliphatic carbocycles. The van der Waals surface area contributed by atoms with Crippen LogP contribution in [0.1, 0.15) is 6.92 Å². The summed E-state index contributed by atoms with van der Waals surface area (Å²) in [6.45, 7) is 1.34. The fourth-order valence-corrected chi connectivity index (χ4v) is 3.28. The van der Waals surface area contributed by atoms with Gasteiger partial charge in [0.1, 0.15) is 0 Å². The van der Waals surface area contributed by atoms with Gasteiger partial charge in [-0.15, -0.1) is 0 Å². The van der Waals surface area contributed by atoms with Gasteiger partial charge in [0.25, 0.3) is 10.0 Å². The Morgan fingerprint density at radius 1 is 1.09 bits per heavy atom. The van der Waals surface area contributed by atoms with Crippen LogP contribution in [0.25, 0.3) is 0 Å². The first-order valence-electron chi connectivity index (χ1n) is 6.13. The van der Waals surface area contributed by atoms with E-state index in [1.165, 1.54) is 31.2 Å². The maximum atomic E-state index is 12.3. The fraction of sp³-hybridized carbons (Fsp3) is 0.0714. The Morgan fingerprint density at radius 3 is 2.41 bits per heavy atom. The van der Waals surface area contributed by atoms with Gasteiger partial charge in [0.05, 0.1) is 21.3 Å². The Kier molecular flexibility index (Phi) is 4.95. The molecule has 0 bridgehead atoms. The van der Waals surface area contributed by atoms with E-state index in [-0.39, 0.29) is 15.8 Å². The third-order valence-electron chi connectivity index (χ3n) is 2.64. The topological polar surface area (TPSA) is 75.3 Å². The van der Waals surface area contributed by atoms with E-state index in [9.17, 15) is 13.2 Å². The van der Waals surface area contributed by atoms with Crippen molar-refractivity contribution >= 4 is 50.5 Å². The summed E-state index contributed by atoms with van der Waals surface area (Å²) < 4.78 is 27.0. The zero-order valence-corrected chi connectivity index (χ0v) is 13.8. The standard InChI is InChI=1S/C14H12Cl2N2O3S/c1-9(19)17-14-6-5-12(8-13(14)16)22(20,21)18-11-4-2-3-10(15)7-11/h2-8,18H,1H3,(H,17,19). The van der Waals surface area contributed by atoms with Crippen molar-refractivity contribution < 1.29 is 13.2 Å². The molecule has 116 valence electrons. The van der Waals surface area contributed by atoms with Crippen molar-refractivity contribution in [3.63, 3.8) is 0 Å². The molecule has 0 fully saturated rings. The van der Waals surface area contributed by atoms with Gasteiger partial charge in [-0.1, -0.05) is 29.3 Å². The van der Waals surface area contributed by atoms with Crippen LogP contribution in [0.4, 0.5) is 11.4 Å². The van der Waals surface area contributed by atoms with E-state index >= 15 is 0 Å². The molecule has 5 nitrogen and oxygen atoms in total. The van der Waals surface area contributed by atoms with Gasteiger partial charge in [-0.3, -0.25) is 9.52 Å². The van der Waals surface area contributed by atoms with Gasteiger partial charge in [0.2, 0.25) is 5.91 Å². The second kappa shape index (κ2) is 6.56. The summed E-state index contributed by atoms with van der Waals surface area (Å²) in [5.41, 5.74) is 0.686. The van der Waals surface area contributed by atoms with E-state index in [4.69, 9.17) is 23.2 Å². The summed E-state index contributed by atoms with van der Waals surface area (Å²) in [6, 6.07) is 10.4. The lowest BCUT2D eigenvalue weighted by molar-refractivity contribution is -0.114. The first-order chi connectivity index (χ1) is 10.3. The number of anilines is 2. The highest BCUT2D eigenvalue weighted by molar-refractivity contribution is 7.92. The molecule has 2 aromatic carbocycles. The molecule has 0 radical (unpaired) electrons. The molecule has 0 aliphatic rings. The third kappa shape index (κ3) is 4.13. The van der Waals surface area contributed by atoms with Crippen LogP contribution in [0.3, 0.4) is 0 Å². The summed E-state index contributed by atoms with van der Waals surface area (Å²) in [7, 11) is -3.80. The van der Waals surface area contributed by atoms with Gasteiger partial charge in [-0.25, -0.2) is 8.42 Å². The predicted molar refractivity (Wildman–Crippen MR) is 88.0 cm³/mol. The molecule has 8 heteroatoms. The SMILES string of the molecule is CC(=O)Nc1ccc(S(=O)(=O)Nc2cccc(Cl)c2)cc1Cl. The lowest BCUT2D eigenvalue weighted by Crippen LogP contribution is -2.13. The van der Waals surface area contributed by atoms with Crippen molar-refractivity contribution in [1.82, 2.24) is 0 Å². The highest BCUT2D eigenvalue weighted by Gasteiger charge is 2.16. The van der Waals surface area contributed by atoms with E-state index in [2.05, 4.69) is 10.0 Å². The second-order valence-electron chi connectivity index (χ2n) is 4.44.